The van der Waals surface area contributed by atoms with Gasteiger partial charge in [-0.05, 0) is 11.6 Å². The highest BCUT2D eigenvalue weighted by Crippen LogP contribution is 2.23. The molecule has 0 aromatic heterocycles. The normalized spacial score (nSPS) is 12.2. The van der Waals surface area contributed by atoms with E-state index in [0.29, 0.717) is 5.56 Å². The first-order valence-electron chi connectivity index (χ1n) is 4.01. The highest BCUT2D eigenvalue weighted by Gasteiger charge is 2.21. The standard InChI is InChI=1S/C10H12FNO/c1-10(2,7-12-13)8-5-3-4-6-9(8)11/h3-7,13H,1-2H3/b12-7+. The van der Waals surface area contributed by atoms with Crippen LogP contribution in [0.3, 0.4) is 0 Å². The summed E-state index contributed by atoms with van der Waals surface area (Å²) in [5.41, 5.74) is -0.0621. The molecule has 0 aliphatic rings. The van der Waals surface area contributed by atoms with Crippen LogP contribution in [-0.4, -0.2) is 11.4 Å². The Morgan fingerprint density at radius 3 is 2.54 bits per heavy atom. The van der Waals surface area contributed by atoms with Crippen molar-refractivity contribution in [3.05, 3.63) is 35.6 Å². The van der Waals surface area contributed by atoms with Gasteiger partial charge in [0, 0.05) is 5.41 Å². The van der Waals surface area contributed by atoms with E-state index < -0.39 is 5.41 Å². The first-order chi connectivity index (χ1) is 6.08. The van der Waals surface area contributed by atoms with Gasteiger partial charge < -0.3 is 5.21 Å². The molecular weight excluding hydrogens is 169 g/mol. The molecule has 70 valence electrons. The van der Waals surface area contributed by atoms with Crippen LogP contribution in [0, 0.1) is 5.82 Å². The van der Waals surface area contributed by atoms with Crippen molar-refractivity contribution >= 4 is 6.21 Å². The highest BCUT2D eigenvalue weighted by molar-refractivity contribution is 5.71. The third kappa shape index (κ3) is 2.05. The summed E-state index contributed by atoms with van der Waals surface area (Å²) >= 11 is 0. The van der Waals surface area contributed by atoms with Crippen LogP contribution >= 0.6 is 0 Å². The molecule has 0 saturated carbocycles. The maximum absolute atomic E-state index is 13.3. The molecule has 0 aliphatic carbocycles. The van der Waals surface area contributed by atoms with Crippen molar-refractivity contribution in [2.45, 2.75) is 19.3 Å². The first-order valence-corrected chi connectivity index (χ1v) is 4.01. The van der Waals surface area contributed by atoms with Crippen LogP contribution in [0.25, 0.3) is 0 Å². The number of hydrogen-bond donors (Lipinski definition) is 1. The van der Waals surface area contributed by atoms with Gasteiger partial charge in [-0.15, -0.1) is 5.16 Å². The average Bonchev–Trinajstić information content (AvgIpc) is 2.04. The zero-order chi connectivity index (χ0) is 9.90. The Labute approximate surface area is 76.7 Å². The largest absolute Gasteiger partial charge is 0.411 e. The number of rotatable bonds is 2. The molecule has 0 amide bonds. The predicted molar refractivity (Wildman–Crippen MR) is 49.7 cm³/mol. The summed E-state index contributed by atoms with van der Waals surface area (Å²) in [6.07, 6.45) is 1.31. The summed E-state index contributed by atoms with van der Waals surface area (Å²) in [6, 6.07) is 6.45. The lowest BCUT2D eigenvalue weighted by atomic mass is 9.86. The lowest BCUT2D eigenvalue weighted by Crippen LogP contribution is -2.20. The average molecular weight is 181 g/mol. The van der Waals surface area contributed by atoms with Gasteiger partial charge >= 0.3 is 0 Å². The van der Waals surface area contributed by atoms with Crippen LogP contribution in [0.4, 0.5) is 4.39 Å². The van der Waals surface area contributed by atoms with Crippen LogP contribution in [0.5, 0.6) is 0 Å². The van der Waals surface area contributed by atoms with Crippen molar-refractivity contribution in [2.75, 3.05) is 0 Å². The van der Waals surface area contributed by atoms with E-state index in [9.17, 15) is 4.39 Å². The Hall–Kier alpha value is -1.38. The molecule has 13 heavy (non-hydrogen) atoms. The molecular formula is C10H12FNO. The number of benzene rings is 1. The first kappa shape index (κ1) is 9.71. The minimum absolute atomic E-state index is 0.285. The van der Waals surface area contributed by atoms with E-state index in [2.05, 4.69) is 5.16 Å². The van der Waals surface area contributed by atoms with E-state index in [1.165, 1.54) is 12.3 Å². The Morgan fingerprint density at radius 1 is 1.38 bits per heavy atom. The smallest absolute Gasteiger partial charge is 0.127 e. The summed E-state index contributed by atoms with van der Waals surface area (Å²) in [5, 5.41) is 11.3. The third-order valence-corrected chi connectivity index (χ3v) is 1.95. The molecule has 0 fully saturated rings. The van der Waals surface area contributed by atoms with Crippen molar-refractivity contribution in [2.24, 2.45) is 5.16 Å². The van der Waals surface area contributed by atoms with Crippen molar-refractivity contribution < 1.29 is 9.60 Å². The van der Waals surface area contributed by atoms with Crippen molar-refractivity contribution in [3.8, 4) is 0 Å². The molecule has 0 atom stereocenters. The number of nitrogens with zero attached hydrogens (tertiary/aromatic N) is 1. The topological polar surface area (TPSA) is 32.6 Å². The van der Waals surface area contributed by atoms with Gasteiger partial charge in [0.05, 0.1) is 6.21 Å². The van der Waals surface area contributed by atoms with Crippen molar-refractivity contribution in [1.82, 2.24) is 0 Å². The van der Waals surface area contributed by atoms with Gasteiger partial charge in [-0.1, -0.05) is 32.0 Å². The predicted octanol–water partition coefficient (Wildman–Crippen LogP) is 2.56. The summed E-state index contributed by atoms with van der Waals surface area (Å²) in [4.78, 5) is 0. The van der Waals surface area contributed by atoms with Gasteiger partial charge in [0.1, 0.15) is 5.82 Å². The quantitative estimate of drug-likeness (QED) is 0.424. The molecule has 1 aromatic rings. The van der Waals surface area contributed by atoms with Gasteiger partial charge in [-0.25, -0.2) is 4.39 Å². The summed E-state index contributed by atoms with van der Waals surface area (Å²) < 4.78 is 13.3. The van der Waals surface area contributed by atoms with E-state index in [4.69, 9.17) is 5.21 Å². The second-order valence-corrected chi connectivity index (χ2v) is 3.45. The SMILES string of the molecule is CC(C)(/C=N/O)c1ccccc1F. The fourth-order valence-electron chi connectivity index (χ4n) is 1.20. The molecule has 2 nitrogen and oxygen atoms in total. The fraction of sp³-hybridized carbons (Fsp3) is 0.300. The summed E-state index contributed by atoms with van der Waals surface area (Å²) in [6.45, 7) is 3.57. The second kappa shape index (κ2) is 3.56. The zero-order valence-corrected chi connectivity index (χ0v) is 7.66. The lowest BCUT2D eigenvalue weighted by molar-refractivity contribution is 0.317. The molecule has 0 saturated heterocycles. The molecule has 1 N–H and O–H groups in total. The third-order valence-electron chi connectivity index (χ3n) is 1.95. The second-order valence-electron chi connectivity index (χ2n) is 3.45. The van der Waals surface area contributed by atoms with Gasteiger partial charge in [0.2, 0.25) is 0 Å². The van der Waals surface area contributed by atoms with Crippen LogP contribution in [0.15, 0.2) is 29.4 Å². The molecule has 0 radical (unpaired) electrons. The van der Waals surface area contributed by atoms with Crippen LogP contribution in [0.1, 0.15) is 19.4 Å². The van der Waals surface area contributed by atoms with Crippen molar-refractivity contribution in [1.29, 1.82) is 0 Å². The minimum Gasteiger partial charge on any atom is -0.411 e. The summed E-state index contributed by atoms with van der Waals surface area (Å²) in [7, 11) is 0. The number of hydrogen-bond acceptors (Lipinski definition) is 2. The minimum atomic E-state index is -0.583. The summed E-state index contributed by atoms with van der Waals surface area (Å²) in [5.74, 6) is -0.285. The van der Waals surface area contributed by atoms with Crippen molar-refractivity contribution in [3.63, 3.8) is 0 Å². The Bertz CT molecular complexity index is 320. The van der Waals surface area contributed by atoms with Gasteiger partial charge in [-0.3, -0.25) is 0 Å². The van der Waals surface area contributed by atoms with Crippen LogP contribution in [0.2, 0.25) is 0 Å². The van der Waals surface area contributed by atoms with E-state index >= 15 is 0 Å². The molecule has 3 heteroatoms. The molecule has 0 bridgehead atoms. The van der Waals surface area contributed by atoms with E-state index in [1.54, 1.807) is 32.0 Å². The number of halogens is 1. The van der Waals surface area contributed by atoms with Gasteiger partial charge in [-0.2, -0.15) is 0 Å². The van der Waals surface area contributed by atoms with E-state index in [1.807, 2.05) is 0 Å². The van der Waals surface area contributed by atoms with Crippen LogP contribution < -0.4 is 0 Å². The monoisotopic (exact) mass is 181 g/mol. The molecule has 0 heterocycles. The molecule has 0 unspecified atom stereocenters. The van der Waals surface area contributed by atoms with Gasteiger partial charge in [0.25, 0.3) is 0 Å². The Morgan fingerprint density at radius 2 is 2.00 bits per heavy atom. The van der Waals surface area contributed by atoms with E-state index in [-0.39, 0.29) is 5.82 Å². The maximum Gasteiger partial charge on any atom is 0.127 e. The number of oxime groups is 1. The fourth-order valence-corrected chi connectivity index (χ4v) is 1.20. The molecule has 1 rings (SSSR count). The lowest BCUT2D eigenvalue weighted by Gasteiger charge is -2.19. The van der Waals surface area contributed by atoms with E-state index in [0.717, 1.165) is 0 Å². The van der Waals surface area contributed by atoms with Gasteiger partial charge in [0.15, 0.2) is 0 Å². The molecule has 0 aliphatic heterocycles. The highest BCUT2D eigenvalue weighted by atomic mass is 19.1. The molecule has 1 aromatic carbocycles. The maximum atomic E-state index is 13.3. The Balaban J connectivity index is 3.14. The zero-order valence-electron chi connectivity index (χ0n) is 7.66. The molecule has 0 spiro atoms. The Kier molecular flexibility index (Phi) is 2.66. The van der Waals surface area contributed by atoms with Crippen LogP contribution in [-0.2, 0) is 5.41 Å².